The molecule has 0 aromatic heterocycles. The van der Waals surface area contributed by atoms with Crippen molar-refractivity contribution in [2.24, 2.45) is 23.7 Å². The number of carboxylic acid groups (broad SMARTS) is 1. The number of aromatic carboxylic acids is 1. The van der Waals surface area contributed by atoms with Gasteiger partial charge in [-0.05, 0) is 80.0 Å². The molecule has 0 unspecified atom stereocenters. The number of urea groups is 1. The van der Waals surface area contributed by atoms with Gasteiger partial charge >= 0.3 is 12.0 Å². The lowest BCUT2D eigenvalue weighted by Crippen LogP contribution is -2.56. The molecule has 122 valence electrons. The Bertz CT molecular complexity index is 598. The fourth-order valence-corrected chi connectivity index (χ4v) is 5.18. The molecule has 0 atom stereocenters. The Labute approximate surface area is 135 Å². The molecule has 4 aliphatic carbocycles. The van der Waals surface area contributed by atoms with E-state index in [-0.39, 0.29) is 11.6 Å². The molecule has 4 saturated carbocycles. The van der Waals surface area contributed by atoms with Crippen LogP contribution in [0.15, 0.2) is 24.3 Å². The first-order valence-electron chi connectivity index (χ1n) is 8.49. The summed E-state index contributed by atoms with van der Waals surface area (Å²) in [5.74, 6) is 2.11. The smallest absolute Gasteiger partial charge is 0.335 e. The van der Waals surface area contributed by atoms with Gasteiger partial charge in [0.2, 0.25) is 0 Å². The number of carbonyl (C=O) groups is 2. The predicted octanol–water partition coefficient (Wildman–Crippen LogP) is 3.33. The van der Waals surface area contributed by atoms with Crippen LogP contribution >= 0.6 is 0 Å². The Balaban J connectivity index is 1.37. The second-order valence-corrected chi connectivity index (χ2v) is 7.44. The molecule has 0 heterocycles. The maximum atomic E-state index is 12.3. The summed E-state index contributed by atoms with van der Waals surface area (Å²) in [7, 11) is 0. The van der Waals surface area contributed by atoms with Crippen LogP contribution in [-0.4, -0.2) is 23.1 Å². The average molecular weight is 314 g/mol. The fourth-order valence-electron chi connectivity index (χ4n) is 5.18. The third-order valence-corrected chi connectivity index (χ3v) is 5.91. The highest BCUT2D eigenvalue weighted by Gasteiger charge is 2.48. The van der Waals surface area contributed by atoms with Crippen LogP contribution in [0.1, 0.15) is 42.5 Å². The predicted molar refractivity (Wildman–Crippen MR) is 86.4 cm³/mol. The molecule has 4 bridgehead atoms. The summed E-state index contributed by atoms with van der Waals surface area (Å²) in [5.41, 5.74) is 0.841. The van der Waals surface area contributed by atoms with Crippen molar-refractivity contribution in [1.82, 2.24) is 5.32 Å². The molecule has 1 aromatic carbocycles. The van der Waals surface area contributed by atoms with Gasteiger partial charge in [-0.25, -0.2) is 9.59 Å². The van der Waals surface area contributed by atoms with Crippen molar-refractivity contribution in [2.75, 3.05) is 5.32 Å². The zero-order valence-electron chi connectivity index (χ0n) is 13.0. The van der Waals surface area contributed by atoms with E-state index in [1.54, 1.807) is 12.1 Å². The van der Waals surface area contributed by atoms with Crippen LogP contribution < -0.4 is 10.6 Å². The van der Waals surface area contributed by atoms with Crippen LogP contribution in [0.2, 0.25) is 0 Å². The van der Waals surface area contributed by atoms with Crippen LogP contribution in [0.25, 0.3) is 0 Å². The molecule has 0 radical (unpaired) electrons. The average Bonchev–Trinajstić information content (AvgIpc) is 2.50. The van der Waals surface area contributed by atoms with Gasteiger partial charge in [-0.1, -0.05) is 0 Å². The molecular weight excluding hydrogens is 292 g/mol. The van der Waals surface area contributed by atoms with Gasteiger partial charge in [-0.3, -0.25) is 0 Å². The Morgan fingerprint density at radius 3 is 2.00 bits per heavy atom. The normalized spacial score (nSPS) is 34.2. The van der Waals surface area contributed by atoms with Gasteiger partial charge in [0, 0.05) is 11.7 Å². The Hall–Kier alpha value is -2.04. The van der Waals surface area contributed by atoms with Gasteiger partial charge in [-0.2, -0.15) is 0 Å². The van der Waals surface area contributed by atoms with Crippen LogP contribution in [0.5, 0.6) is 0 Å². The van der Waals surface area contributed by atoms with Crippen molar-refractivity contribution in [1.29, 1.82) is 0 Å². The van der Waals surface area contributed by atoms with Gasteiger partial charge in [0.25, 0.3) is 0 Å². The van der Waals surface area contributed by atoms with Gasteiger partial charge in [-0.15, -0.1) is 0 Å². The molecule has 4 aliphatic rings. The first-order chi connectivity index (χ1) is 11.1. The number of carboxylic acids is 1. The van der Waals surface area contributed by atoms with Gasteiger partial charge in [0.05, 0.1) is 5.56 Å². The first-order valence-corrected chi connectivity index (χ1v) is 8.49. The van der Waals surface area contributed by atoms with Crippen molar-refractivity contribution in [3.63, 3.8) is 0 Å². The molecule has 0 saturated heterocycles. The molecule has 2 amide bonds. The summed E-state index contributed by atoms with van der Waals surface area (Å²) < 4.78 is 0. The highest BCUT2D eigenvalue weighted by atomic mass is 16.4. The number of carbonyl (C=O) groups excluding carboxylic acids is 1. The lowest BCUT2D eigenvalue weighted by atomic mass is 9.54. The molecule has 0 spiro atoms. The quantitative estimate of drug-likeness (QED) is 0.800. The van der Waals surface area contributed by atoms with Gasteiger partial charge < -0.3 is 15.7 Å². The van der Waals surface area contributed by atoms with Crippen LogP contribution in [0.4, 0.5) is 10.5 Å². The summed E-state index contributed by atoms with van der Waals surface area (Å²) in [6.07, 6.45) is 6.48. The minimum absolute atomic E-state index is 0.175. The molecule has 5 heteroatoms. The topological polar surface area (TPSA) is 78.4 Å². The zero-order valence-corrected chi connectivity index (χ0v) is 13.0. The molecule has 0 aliphatic heterocycles. The Morgan fingerprint density at radius 2 is 1.48 bits per heavy atom. The van der Waals surface area contributed by atoms with E-state index in [9.17, 15) is 9.59 Å². The van der Waals surface area contributed by atoms with E-state index in [1.165, 1.54) is 44.2 Å². The highest BCUT2D eigenvalue weighted by molar-refractivity contribution is 5.91. The monoisotopic (exact) mass is 314 g/mol. The van der Waals surface area contributed by atoms with Crippen molar-refractivity contribution in [3.8, 4) is 0 Å². The van der Waals surface area contributed by atoms with Gasteiger partial charge in [0.1, 0.15) is 0 Å². The molecule has 23 heavy (non-hydrogen) atoms. The Morgan fingerprint density at radius 1 is 0.913 bits per heavy atom. The van der Waals surface area contributed by atoms with Crippen molar-refractivity contribution in [2.45, 2.75) is 38.1 Å². The second kappa shape index (κ2) is 5.55. The highest BCUT2D eigenvalue weighted by Crippen LogP contribution is 2.53. The lowest BCUT2D eigenvalue weighted by Gasteiger charge is -2.54. The van der Waals surface area contributed by atoms with E-state index in [0.29, 0.717) is 23.6 Å². The van der Waals surface area contributed by atoms with Crippen LogP contribution in [0.3, 0.4) is 0 Å². The van der Waals surface area contributed by atoms with Crippen molar-refractivity contribution in [3.05, 3.63) is 29.8 Å². The third-order valence-electron chi connectivity index (χ3n) is 5.91. The fraction of sp³-hybridized carbons (Fsp3) is 0.556. The first kappa shape index (κ1) is 14.5. The van der Waals surface area contributed by atoms with Crippen LogP contribution in [-0.2, 0) is 0 Å². The summed E-state index contributed by atoms with van der Waals surface area (Å²) in [6.45, 7) is 0. The van der Waals surface area contributed by atoms with Gasteiger partial charge in [0.15, 0.2) is 0 Å². The number of benzene rings is 1. The van der Waals surface area contributed by atoms with Crippen LogP contribution in [0, 0.1) is 23.7 Å². The SMILES string of the molecule is O=C(Nc1ccc(C(=O)O)cc1)NC1C2CC3CC(C2)CC1C3. The minimum atomic E-state index is -0.963. The summed E-state index contributed by atoms with van der Waals surface area (Å²) in [6, 6.07) is 6.38. The van der Waals surface area contributed by atoms with E-state index in [4.69, 9.17) is 5.11 Å². The van der Waals surface area contributed by atoms with Crippen molar-refractivity contribution < 1.29 is 14.7 Å². The third kappa shape index (κ3) is 2.80. The molecule has 1 aromatic rings. The summed E-state index contributed by atoms with van der Waals surface area (Å²) in [4.78, 5) is 23.1. The number of hydrogen-bond acceptors (Lipinski definition) is 2. The zero-order chi connectivity index (χ0) is 16.0. The van der Waals surface area contributed by atoms with E-state index >= 15 is 0 Å². The largest absolute Gasteiger partial charge is 0.478 e. The molecule has 5 nitrogen and oxygen atoms in total. The van der Waals surface area contributed by atoms with E-state index in [0.717, 1.165) is 11.8 Å². The number of amides is 2. The maximum absolute atomic E-state index is 12.3. The van der Waals surface area contributed by atoms with E-state index in [1.807, 2.05) is 0 Å². The molecule has 5 rings (SSSR count). The number of anilines is 1. The summed E-state index contributed by atoms with van der Waals surface area (Å²) in [5, 5.41) is 14.9. The Kier molecular flexibility index (Phi) is 3.51. The second-order valence-electron chi connectivity index (χ2n) is 7.44. The van der Waals surface area contributed by atoms with Crippen molar-refractivity contribution >= 4 is 17.7 Å². The number of hydrogen-bond donors (Lipinski definition) is 3. The standard InChI is InChI=1S/C18H22N2O3/c21-17(22)12-1-3-15(4-2-12)19-18(23)20-16-13-6-10-5-11(8-13)9-14(16)7-10/h1-4,10-11,13-14,16H,5-9H2,(H,21,22)(H2,19,20,23). The molecule has 3 N–H and O–H groups in total. The number of nitrogens with one attached hydrogen (secondary N) is 2. The minimum Gasteiger partial charge on any atom is -0.478 e. The molecule has 4 fully saturated rings. The molecular formula is C18H22N2O3. The maximum Gasteiger partial charge on any atom is 0.335 e. The van der Waals surface area contributed by atoms with E-state index < -0.39 is 5.97 Å². The lowest BCUT2D eigenvalue weighted by molar-refractivity contribution is -0.00883. The number of rotatable bonds is 3. The summed E-state index contributed by atoms with van der Waals surface area (Å²) >= 11 is 0. The van der Waals surface area contributed by atoms with E-state index in [2.05, 4.69) is 10.6 Å².